The van der Waals surface area contributed by atoms with Crippen molar-refractivity contribution in [1.29, 1.82) is 0 Å². The van der Waals surface area contributed by atoms with Gasteiger partial charge in [0.25, 0.3) is 0 Å². The zero-order valence-electron chi connectivity index (χ0n) is 4.94. The molecule has 44 valence electrons. The second kappa shape index (κ2) is 2.58. The van der Waals surface area contributed by atoms with Crippen molar-refractivity contribution in [2.24, 2.45) is 5.73 Å². The molecule has 0 aliphatic carbocycles. The molecule has 7 heavy (non-hydrogen) atoms. The molecule has 0 aliphatic rings. The van der Waals surface area contributed by atoms with E-state index in [1.165, 1.54) is 0 Å². The van der Waals surface area contributed by atoms with Crippen LogP contribution in [0.2, 0.25) is 0 Å². The highest BCUT2D eigenvalue weighted by Crippen LogP contribution is 2.14. The molecule has 0 bridgehead atoms. The second-order valence-electron chi connectivity index (χ2n) is 1.81. The van der Waals surface area contributed by atoms with Gasteiger partial charge in [0.15, 0.2) is 0 Å². The molecule has 0 unspecified atom stereocenters. The van der Waals surface area contributed by atoms with E-state index in [1.54, 1.807) is 0 Å². The highest BCUT2D eigenvalue weighted by atomic mass is 32.1. The molecular formula is C5H13NS. The minimum absolute atomic E-state index is 0.222. The fourth-order valence-electron chi connectivity index (χ4n) is 0.250. The minimum Gasteiger partial charge on any atom is -0.317 e. The van der Waals surface area contributed by atoms with Crippen LogP contribution in [0.1, 0.15) is 26.7 Å². The van der Waals surface area contributed by atoms with Crippen LogP contribution in [0.25, 0.3) is 0 Å². The summed E-state index contributed by atoms with van der Waals surface area (Å²) in [5.41, 5.74) is 5.58. The second-order valence-corrected chi connectivity index (χ2v) is 2.70. The van der Waals surface area contributed by atoms with Crippen LogP contribution in [0.4, 0.5) is 0 Å². The highest BCUT2D eigenvalue weighted by Gasteiger charge is 2.11. The van der Waals surface area contributed by atoms with E-state index in [4.69, 9.17) is 5.73 Å². The van der Waals surface area contributed by atoms with Gasteiger partial charge in [0, 0.05) is 0 Å². The predicted octanol–water partition coefficient (Wildman–Crippen LogP) is 1.39. The van der Waals surface area contributed by atoms with Crippen molar-refractivity contribution >= 4 is 12.6 Å². The van der Waals surface area contributed by atoms with Crippen molar-refractivity contribution in [3.63, 3.8) is 0 Å². The summed E-state index contributed by atoms with van der Waals surface area (Å²) in [6.07, 6.45) is 1.87. The molecule has 1 nitrogen and oxygen atoms in total. The topological polar surface area (TPSA) is 26.0 Å². The van der Waals surface area contributed by atoms with Gasteiger partial charge in [0.2, 0.25) is 0 Å². The van der Waals surface area contributed by atoms with Gasteiger partial charge in [-0.05, 0) is 12.8 Å². The largest absolute Gasteiger partial charge is 0.317 e. The van der Waals surface area contributed by atoms with E-state index in [0.29, 0.717) is 0 Å². The lowest BCUT2D eigenvalue weighted by Gasteiger charge is -2.17. The third-order valence-electron chi connectivity index (χ3n) is 1.22. The average Bonchev–Trinajstić information content (AvgIpc) is 1.68. The number of nitrogens with two attached hydrogens (primary N) is 1. The quantitative estimate of drug-likeness (QED) is 0.417. The van der Waals surface area contributed by atoms with Crippen molar-refractivity contribution in [3.05, 3.63) is 0 Å². The van der Waals surface area contributed by atoms with Gasteiger partial charge >= 0.3 is 0 Å². The van der Waals surface area contributed by atoms with Crippen LogP contribution in [0, 0.1) is 0 Å². The van der Waals surface area contributed by atoms with Gasteiger partial charge in [-0.15, -0.1) is 0 Å². The van der Waals surface area contributed by atoms with E-state index in [2.05, 4.69) is 12.6 Å². The van der Waals surface area contributed by atoms with Crippen LogP contribution < -0.4 is 5.73 Å². The first-order chi connectivity index (χ1) is 3.12. The van der Waals surface area contributed by atoms with E-state index in [1.807, 2.05) is 13.8 Å². The van der Waals surface area contributed by atoms with Crippen molar-refractivity contribution in [1.82, 2.24) is 0 Å². The maximum Gasteiger partial charge on any atom is 0.0585 e. The summed E-state index contributed by atoms with van der Waals surface area (Å²) >= 11 is 4.16. The Morgan fingerprint density at radius 3 is 1.71 bits per heavy atom. The van der Waals surface area contributed by atoms with E-state index < -0.39 is 0 Å². The molecule has 0 saturated heterocycles. The lowest BCUT2D eigenvalue weighted by molar-refractivity contribution is 0.577. The molecule has 2 N–H and O–H groups in total. The molecule has 0 saturated carbocycles. The maximum absolute atomic E-state index is 5.58. The average molecular weight is 119 g/mol. The van der Waals surface area contributed by atoms with Crippen LogP contribution in [-0.2, 0) is 0 Å². The molecule has 0 radical (unpaired) electrons. The number of thiol groups is 1. The summed E-state index contributed by atoms with van der Waals surface area (Å²) in [6.45, 7) is 4.08. The van der Waals surface area contributed by atoms with Crippen LogP contribution in [0.3, 0.4) is 0 Å². The Kier molecular flexibility index (Phi) is 2.69. The third-order valence-corrected chi connectivity index (χ3v) is 1.86. The number of hydrogen-bond donors (Lipinski definition) is 2. The van der Waals surface area contributed by atoms with E-state index in [0.717, 1.165) is 12.8 Å². The summed E-state index contributed by atoms with van der Waals surface area (Å²) in [7, 11) is 0. The van der Waals surface area contributed by atoms with E-state index in [-0.39, 0.29) is 4.87 Å². The fourth-order valence-corrected chi connectivity index (χ4v) is 0.250. The van der Waals surface area contributed by atoms with Crippen LogP contribution >= 0.6 is 12.6 Å². The SMILES string of the molecule is CCC(N)(S)CC. The first-order valence-corrected chi connectivity index (χ1v) is 3.08. The molecule has 2 heteroatoms. The van der Waals surface area contributed by atoms with Crippen molar-refractivity contribution < 1.29 is 0 Å². The van der Waals surface area contributed by atoms with Crippen molar-refractivity contribution in [2.75, 3.05) is 0 Å². The molecule has 0 aromatic heterocycles. The normalized spacial score (nSPS) is 12.0. The Morgan fingerprint density at radius 1 is 1.43 bits per heavy atom. The standard InChI is InChI=1S/C5H13NS/c1-3-5(6,7)4-2/h7H,3-4,6H2,1-2H3. The summed E-state index contributed by atoms with van der Waals surface area (Å²) < 4.78 is 0. The Hall–Kier alpha value is 0.310. The predicted molar refractivity (Wildman–Crippen MR) is 36.5 cm³/mol. The summed E-state index contributed by atoms with van der Waals surface area (Å²) in [6, 6.07) is 0. The van der Waals surface area contributed by atoms with Gasteiger partial charge in [-0.1, -0.05) is 13.8 Å². The van der Waals surface area contributed by atoms with Gasteiger partial charge in [-0.3, -0.25) is 0 Å². The van der Waals surface area contributed by atoms with Crippen LogP contribution in [-0.4, -0.2) is 4.87 Å². The molecule has 0 rings (SSSR count). The van der Waals surface area contributed by atoms with Crippen molar-refractivity contribution in [2.45, 2.75) is 31.6 Å². The summed E-state index contributed by atoms with van der Waals surface area (Å²) in [4.78, 5) is -0.222. The molecule has 0 fully saturated rings. The zero-order valence-corrected chi connectivity index (χ0v) is 5.83. The lowest BCUT2D eigenvalue weighted by atomic mass is 10.2. The summed E-state index contributed by atoms with van der Waals surface area (Å²) in [5, 5.41) is 0. The van der Waals surface area contributed by atoms with Gasteiger partial charge in [0.05, 0.1) is 4.87 Å². The Labute approximate surface area is 50.7 Å². The molecule has 0 aliphatic heterocycles. The Bertz CT molecular complexity index is 46.0. The zero-order chi connectivity index (χ0) is 5.91. The molecule has 0 amide bonds. The molecule has 0 heterocycles. The van der Waals surface area contributed by atoms with E-state index >= 15 is 0 Å². The number of rotatable bonds is 2. The molecular weight excluding hydrogens is 106 g/mol. The minimum atomic E-state index is -0.222. The first-order valence-electron chi connectivity index (χ1n) is 2.63. The molecule has 0 aromatic carbocycles. The van der Waals surface area contributed by atoms with Gasteiger partial charge < -0.3 is 5.73 Å². The van der Waals surface area contributed by atoms with Crippen molar-refractivity contribution in [3.8, 4) is 0 Å². The van der Waals surface area contributed by atoms with Gasteiger partial charge in [0.1, 0.15) is 0 Å². The maximum atomic E-state index is 5.58. The first kappa shape index (κ1) is 7.31. The van der Waals surface area contributed by atoms with E-state index in [9.17, 15) is 0 Å². The number of hydrogen-bond acceptors (Lipinski definition) is 2. The highest BCUT2D eigenvalue weighted by molar-refractivity contribution is 7.81. The molecule has 0 atom stereocenters. The molecule has 0 spiro atoms. The van der Waals surface area contributed by atoms with Crippen LogP contribution in [0.15, 0.2) is 0 Å². The fraction of sp³-hybridized carbons (Fsp3) is 1.00. The Morgan fingerprint density at radius 2 is 1.71 bits per heavy atom. The summed E-state index contributed by atoms with van der Waals surface area (Å²) in [5.74, 6) is 0. The smallest absolute Gasteiger partial charge is 0.0585 e. The monoisotopic (exact) mass is 119 g/mol. The Balaban J connectivity index is 3.36. The third kappa shape index (κ3) is 2.94. The lowest BCUT2D eigenvalue weighted by Crippen LogP contribution is -2.30. The van der Waals surface area contributed by atoms with Gasteiger partial charge in [-0.2, -0.15) is 12.6 Å². The molecule has 0 aromatic rings. The van der Waals surface area contributed by atoms with Crippen LogP contribution in [0.5, 0.6) is 0 Å². The van der Waals surface area contributed by atoms with Gasteiger partial charge in [-0.25, -0.2) is 0 Å².